The van der Waals surface area contributed by atoms with Crippen LogP contribution < -0.4 is 20.7 Å². The standard InChI is InChI=1S/C26H36FN7O/c1-5-29-10-13-34-15-22(20-6-7-21(27)18(4)14-20)32-25(34)19-8-11-33(12-9-19)26-23(35-17(2)3)24(28)30-16-31-26/h6-7,14-17,19,29H,5,8-13H2,1-4H3,(H2,28,30,31). The zero-order chi connectivity index (χ0) is 24.9. The van der Waals surface area contributed by atoms with Crippen molar-refractivity contribution in [3.05, 3.63) is 47.9 Å². The van der Waals surface area contributed by atoms with Gasteiger partial charge in [-0.2, -0.15) is 0 Å². The van der Waals surface area contributed by atoms with Gasteiger partial charge in [0.25, 0.3) is 0 Å². The molecule has 0 aliphatic carbocycles. The quantitative estimate of drug-likeness (QED) is 0.444. The Hall–Kier alpha value is -3.20. The average molecular weight is 482 g/mol. The van der Waals surface area contributed by atoms with Gasteiger partial charge in [0.1, 0.15) is 18.0 Å². The highest BCUT2D eigenvalue weighted by molar-refractivity contribution is 5.63. The Labute approximate surface area is 206 Å². The first-order chi connectivity index (χ1) is 16.9. The molecule has 2 aromatic heterocycles. The number of nitrogen functional groups attached to an aromatic ring is 1. The van der Waals surface area contributed by atoms with Gasteiger partial charge in [0.15, 0.2) is 11.6 Å². The third-order valence-electron chi connectivity index (χ3n) is 6.37. The number of aryl methyl sites for hydroxylation is 1. The molecule has 9 heteroatoms. The normalized spacial score (nSPS) is 14.6. The Morgan fingerprint density at radius 2 is 2.00 bits per heavy atom. The van der Waals surface area contributed by atoms with Crippen molar-refractivity contribution in [3.63, 3.8) is 0 Å². The second-order valence-electron chi connectivity index (χ2n) is 9.33. The van der Waals surface area contributed by atoms with Crippen molar-refractivity contribution < 1.29 is 9.13 Å². The summed E-state index contributed by atoms with van der Waals surface area (Å²) in [4.78, 5) is 15.9. The van der Waals surface area contributed by atoms with Crippen molar-refractivity contribution >= 4 is 11.6 Å². The number of rotatable bonds is 9. The van der Waals surface area contributed by atoms with Gasteiger partial charge in [0, 0.05) is 43.9 Å². The van der Waals surface area contributed by atoms with Crippen LogP contribution in [0.4, 0.5) is 16.0 Å². The van der Waals surface area contributed by atoms with Crippen LogP contribution in [0.5, 0.6) is 5.75 Å². The summed E-state index contributed by atoms with van der Waals surface area (Å²) in [5, 5.41) is 3.40. The first-order valence-electron chi connectivity index (χ1n) is 12.4. The van der Waals surface area contributed by atoms with Crippen molar-refractivity contribution in [2.45, 2.75) is 59.1 Å². The molecule has 1 aromatic carbocycles. The van der Waals surface area contributed by atoms with E-state index in [-0.39, 0.29) is 11.9 Å². The monoisotopic (exact) mass is 481 g/mol. The molecular weight excluding hydrogens is 445 g/mol. The SMILES string of the molecule is CCNCCn1cc(-c2ccc(F)c(C)c2)nc1C1CCN(c2ncnc(N)c2OC(C)C)CC1. The molecule has 0 amide bonds. The highest BCUT2D eigenvalue weighted by atomic mass is 19.1. The predicted octanol–water partition coefficient (Wildman–Crippen LogP) is 4.15. The van der Waals surface area contributed by atoms with E-state index in [4.69, 9.17) is 15.5 Å². The molecule has 1 aliphatic heterocycles. The number of likely N-dealkylation sites (N-methyl/N-ethyl adjacent to an activating group) is 1. The van der Waals surface area contributed by atoms with E-state index in [1.54, 1.807) is 13.0 Å². The zero-order valence-electron chi connectivity index (χ0n) is 21.1. The molecule has 1 saturated heterocycles. The summed E-state index contributed by atoms with van der Waals surface area (Å²) in [6.07, 6.45) is 5.45. The number of halogens is 1. The van der Waals surface area contributed by atoms with Gasteiger partial charge in [-0.1, -0.05) is 6.92 Å². The molecule has 1 aliphatic rings. The van der Waals surface area contributed by atoms with E-state index in [9.17, 15) is 4.39 Å². The van der Waals surface area contributed by atoms with Gasteiger partial charge in [-0.3, -0.25) is 0 Å². The minimum atomic E-state index is -0.195. The lowest BCUT2D eigenvalue weighted by Crippen LogP contribution is -2.35. The molecular formula is C26H36FN7O. The number of nitrogens with zero attached hydrogens (tertiary/aromatic N) is 5. The van der Waals surface area contributed by atoms with Crippen LogP contribution in [0.15, 0.2) is 30.7 Å². The average Bonchev–Trinajstić information content (AvgIpc) is 3.26. The smallest absolute Gasteiger partial charge is 0.204 e. The lowest BCUT2D eigenvalue weighted by molar-refractivity contribution is 0.242. The van der Waals surface area contributed by atoms with E-state index >= 15 is 0 Å². The van der Waals surface area contributed by atoms with Crippen LogP contribution >= 0.6 is 0 Å². The lowest BCUT2D eigenvalue weighted by atomic mass is 9.95. The van der Waals surface area contributed by atoms with Crippen LogP contribution in [0, 0.1) is 12.7 Å². The maximum Gasteiger partial charge on any atom is 0.204 e. The van der Waals surface area contributed by atoms with Crippen molar-refractivity contribution in [2.24, 2.45) is 0 Å². The molecule has 0 spiro atoms. The first kappa shape index (κ1) is 24.9. The van der Waals surface area contributed by atoms with Crippen LogP contribution in [0.1, 0.15) is 50.9 Å². The number of hydrogen-bond donors (Lipinski definition) is 2. The fourth-order valence-electron chi connectivity index (χ4n) is 4.56. The molecule has 35 heavy (non-hydrogen) atoms. The van der Waals surface area contributed by atoms with E-state index in [1.165, 1.54) is 12.4 Å². The summed E-state index contributed by atoms with van der Waals surface area (Å²) < 4.78 is 22.0. The molecule has 188 valence electrons. The number of nitrogens with two attached hydrogens (primary N) is 1. The van der Waals surface area contributed by atoms with Gasteiger partial charge in [0.05, 0.1) is 11.8 Å². The van der Waals surface area contributed by atoms with Crippen LogP contribution in [-0.4, -0.2) is 51.8 Å². The topological polar surface area (TPSA) is 94.1 Å². The molecule has 3 heterocycles. The summed E-state index contributed by atoms with van der Waals surface area (Å²) in [7, 11) is 0. The van der Waals surface area contributed by atoms with Gasteiger partial charge < -0.3 is 25.3 Å². The first-order valence-corrected chi connectivity index (χ1v) is 12.4. The van der Waals surface area contributed by atoms with Crippen LogP contribution in [-0.2, 0) is 6.54 Å². The van der Waals surface area contributed by atoms with Crippen molar-refractivity contribution in [2.75, 3.05) is 36.8 Å². The van der Waals surface area contributed by atoms with Gasteiger partial charge in [0.2, 0.25) is 5.75 Å². The minimum Gasteiger partial charge on any atom is -0.484 e. The van der Waals surface area contributed by atoms with Gasteiger partial charge >= 0.3 is 0 Å². The molecule has 0 unspecified atom stereocenters. The molecule has 3 aromatic rings. The molecule has 0 radical (unpaired) electrons. The number of aromatic nitrogens is 4. The van der Waals surface area contributed by atoms with Crippen LogP contribution in [0.25, 0.3) is 11.3 Å². The highest BCUT2D eigenvalue weighted by Crippen LogP contribution is 2.36. The molecule has 0 saturated carbocycles. The number of anilines is 2. The number of hydrogen-bond acceptors (Lipinski definition) is 7. The Morgan fingerprint density at radius 1 is 1.23 bits per heavy atom. The van der Waals surface area contributed by atoms with Gasteiger partial charge in [-0.05, 0) is 63.9 Å². The van der Waals surface area contributed by atoms with Crippen molar-refractivity contribution in [1.82, 2.24) is 24.8 Å². The molecule has 0 bridgehead atoms. The predicted molar refractivity (Wildman–Crippen MR) is 137 cm³/mol. The largest absolute Gasteiger partial charge is 0.484 e. The molecule has 4 rings (SSSR count). The summed E-state index contributed by atoms with van der Waals surface area (Å²) in [5.41, 5.74) is 8.56. The molecule has 3 N–H and O–H groups in total. The van der Waals surface area contributed by atoms with Crippen LogP contribution in [0.3, 0.4) is 0 Å². The fourth-order valence-corrected chi connectivity index (χ4v) is 4.56. The third-order valence-corrected chi connectivity index (χ3v) is 6.37. The minimum absolute atomic E-state index is 0.0164. The lowest BCUT2D eigenvalue weighted by Gasteiger charge is -2.33. The number of nitrogens with one attached hydrogen (secondary N) is 1. The summed E-state index contributed by atoms with van der Waals surface area (Å²) in [6, 6.07) is 5.20. The van der Waals surface area contributed by atoms with E-state index in [1.807, 2.05) is 19.9 Å². The zero-order valence-corrected chi connectivity index (χ0v) is 21.1. The second-order valence-corrected chi connectivity index (χ2v) is 9.33. The Morgan fingerprint density at radius 3 is 2.69 bits per heavy atom. The van der Waals surface area contributed by atoms with E-state index in [0.29, 0.717) is 23.0 Å². The highest BCUT2D eigenvalue weighted by Gasteiger charge is 2.28. The van der Waals surface area contributed by atoms with Crippen molar-refractivity contribution in [3.8, 4) is 17.0 Å². The Bertz CT molecular complexity index is 1140. The molecule has 1 fully saturated rings. The maximum atomic E-state index is 13.8. The van der Waals surface area contributed by atoms with E-state index in [2.05, 4.69) is 37.9 Å². The fraction of sp³-hybridized carbons (Fsp3) is 0.500. The molecule has 8 nitrogen and oxygen atoms in total. The van der Waals surface area contributed by atoms with E-state index < -0.39 is 0 Å². The van der Waals surface area contributed by atoms with E-state index in [0.717, 1.165) is 68.5 Å². The number of benzene rings is 1. The third kappa shape index (κ3) is 5.73. The molecule has 0 atom stereocenters. The van der Waals surface area contributed by atoms with Crippen molar-refractivity contribution in [1.29, 1.82) is 0 Å². The van der Waals surface area contributed by atoms with Gasteiger partial charge in [-0.15, -0.1) is 0 Å². The Kier molecular flexibility index (Phi) is 7.85. The van der Waals surface area contributed by atoms with Gasteiger partial charge in [-0.25, -0.2) is 19.3 Å². The maximum absolute atomic E-state index is 13.8. The summed E-state index contributed by atoms with van der Waals surface area (Å²) in [5.74, 6) is 2.88. The Balaban J connectivity index is 1.55. The van der Waals surface area contributed by atoms with Crippen LogP contribution in [0.2, 0.25) is 0 Å². The summed E-state index contributed by atoms with van der Waals surface area (Å²) in [6.45, 7) is 12.1. The number of piperidine rings is 1. The number of imidazole rings is 1. The second kappa shape index (κ2) is 11.0. The number of ether oxygens (including phenoxy) is 1. The summed E-state index contributed by atoms with van der Waals surface area (Å²) >= 11 is 0.